The zero-order valence-corrected chi connectivity index (χ0v) is 11.9. The molecule has 1 aliphatic heterocycles. The third kappa shape index (κ3) is 3.38. The van der Waals surface area contributed by atoms with Crippen LogP contribution in [0.5, 0.6) is 0 Å². The minimum Gasteiger partial charge on any atom is -0.476 e. The Hall–Kier alpha value is -1.29. The van der Waals surface area contributed by atoms with Crippen LogP contribution in [0.4, 0.5) is 5.82 Å². The highest BCUT2D eigenvalue weighted by atomic mass is 35.5. The molecule has 19 heavy (non-hydrogen) atoms. The zero-order chi connectivity index (χ0) is 13.8. The minimum atomic E-state index is -1.08. The fraction of sp³-hybridized carbons (Fsp3) is 0.571. The number of carboxylic acid groups (broad SMARTS) is 1. The number of nitrogens with zero attached hydrogens (tertiary/aromatic N) is 2. The van der Waals surface area contributed by atoms with Crippen molar-refractivity contribution in [3.63, 3.8) is 0 Å². The maximum Gasteiger partial charge on any atom is 0.356 e. The number of halogens is 1. The summed E-state index contributed by atoms with van der Waals surface area (Å²) in [7, 11) is 0. The summed E-state index contributed by atoms with van der Waals surface area (Å²) >= 11 is 5.85. The second-order valence-electron chi connectivity index (χ2n) is 5.00. The molecule has 104 valence electrons. The molecule has 2 rings (SSSR count). The average molecular weight is 283 g/mol. The first-order chi connectivity index (χ1) is 9.11. The van der Waals surface area contributed by atoms with Crippen LogP contribution < -0.4 is 4.90 Å². The van der Waals surface area contributed by atoms with E-state index in [-0.39, 0.29) is 10.7 Å². The molecule has 5 heteroatoms. The van der Waals surface area contributed by atoms with Crippen molar-refractivity contribution in [2.75, 3.05) is 18.0 Å². The summed E-state index contributed by atoms with van der Waals surface area (Å²) in [6, 6.07) is 3.43. The maximum atomic E-state index is 11.1. The summed E-state index contributed by atoms with van der Waals surface area (Å²) in [4.78, 5) is 17.4. The van der Waals surface area contributed by atoms with Gasteiger partial charge in [-0.15, -0.1) is 0 Å². The van der Waals surface area contributed by atoms with Crippen molar-refractivity contribution in [2.24, 2.45) is 5.92 Å². The molecule has 0 bridgehead atoms. The topological polar surface area (TPSA) is 53.4 Å². The zero-order valence-electron chi connectivity index (χ0n) is 11.1. The van der Waals surface area contributed by atoms with Crippen LogP contribution in [-0.2, 0) is 0 Å². The van der Waals surface area contributed by atoms with E-state index in [1.54, 1.807) is 12.1 Å². The Morgan fingerprint density at radius 1 is 1.47 bits per heavy atom. The van der Waals surface area contributed by atoms with Gasteiger partial charge in [0.15, 0.2) is 5.69 Å². The van der Waals surface area contributed by atoms with Gasteiger partial charge in [0.1, 0.15) is 5.82 Å². The number of aromatic carboxylic acids is 1. The summed E-state index contributed by atoms with van der Waals surface area (Å²) in [5.74, 6) is 0.419. The quantitative estimate of drug-likeness (QED) is 0.922. The molecule has 1 aromatic rings. The van der Waals surface area contributed by atoms with Crippen molar-refractivity contribution in [3.8, 4) is 0 Å². The predicted octanol–water partition coefficient (Wildman–Crippen LogP) is 3.45. The number of hydrogen-bond donors (Lipinski definition) is 1. The van der Waals surface area contributed by atoms with Crippen LogP contribution in [0.15, 0.2) is 12.1 Å². The van der Waals surface area contributed by atoms with Crippen molar-refractivity contribution in [1.82, 2.24) is 4.98 Å². The number of hydrogen-bond acceptors (Lipinski definition) is 3. The molecule has 0 saturated carbocycles. The van der Waals surface area contributed by atoms with Crippen LogP contribution in [0.2, 0.25) is 5.02 Å². The van der Waals surface area contributed by atoms with Crippen LogP contribution in [-0.4, -0.2) is 29.1 Å². The Labute approximate surface area is 118 Å². The van der Waals surface area contributed by atoms with E-state index in [4.69, 9.17) is 16.7 Å². The number of rotatable bonds is 3. The highest BCUT2D eigenvalue weighted by Gasteiger charge is 2.19. The highest BCUT2D eigenvalue weighted by Crippen LogP contribution is 2.25. The van der Waals surface area contributed by atoms with Gasteiger partial charge in [-0.3, -0.25) is 0 Å². The molecule has 1 fully saturated rings. The number of pyridine rings is 1. The first-order valence-corrected chi connectivity index (χ1v) is 7.14. The SMILES string of the molecule is CCC1CCCN(c2ccc(Cl)c(C(=O)O)n2)CC1. The van der Waals surface area contributed by atoms with Gasteiger partial charge in [0.2, 0.25) is 0 Å². The first-order valence-electron chi connectivity index (χ1n) is 6.76. The minimum absolute atomic E-state index is 0.0598. The molecule has 4 nitrogen and oxygen atoms in total. The normalized spacial score (nSPS) is 20.1. The Morgan fingerprint density at radius 3 is 2.95 bits per heavy atom. The van der Waals surface area contributed by atoms with E-state index in [2.05, 4.69) is 16.8 Å². The fourth-order valence-corrected chi connectivity index (χ4v) is 2.75. The lowest BCUT2D eigenvalue weighted by Crippen LogP contribution is -2.25. The maximum absolute atomic E-state index is 11.1. The molecule has 1 aromatic heterocycles. The molecule has 0 radical (unpaired) electrons. The molecule has 1 unspecified atom stereocenters. The second kappa shape index (κ2) is 6.24. The molecule has 1 N–H and O–H groups in total. The lowest BCUT2D eigenvalue weighted by atomic mass is 9.98. The van der Waals surface area contributed by atoms with Crippen molar-refractivity contribution in [3.05, 3.63) is 22.8 Å². The van der Waals surface area contributed by atoms with E-state index in [9.17, 15) is 4.79 Å². The fourth-order valence-electron chi connectivity index (χ4n) is 2.56. The smallest absolute Gasteiger partial charge is 0.356 e. The lowest BCUT2D eigenvalue weighted by Gasteiger charge is -2.22. The van der Waals surface area contributed by atoms with Gasteiger partial charge in [-0.2, -0.15) is 0 Å². The molecular weight excluding hydrogens is 264 g/mol. The van der Waals surface area contributed by atoms with Crippen molar-refractivity contribution in [2.45, 2.75) is 32.6 Å². The Bertz CT molecular complexity index is 465. The lowest BCUT2D eigenvalue weighted by molar-refractivity contribution is 0.0691. The third-order valence-electron chi connectivity index (χ3n) is 3.78. The number of aromatic nitrogens is 1. The molecule has 1 aliphatic rings. The van der Waals surface area contributed by atoms with Crippen LogP contribution >= 0.6 is 11.6 Å². The van der Waals surface area contributed by atoms with E-state index >= 15 is 0 Å². The monoisotopic (exact) mass is 282 g/mol. The molecule has 0 amide bonds. The molecular formula is C14H19ClN2O2. The van der Waals surface area contributed by atoms with Gasteiger partial charge in [0, 0.05) is 13.1 Å². The van der Waals surface area contributed by atoms with Crippen molar-refractivity contribution < 1.29 is 9.90 Å². The van der Waals surface area contributed by atoms with E-state index in [0.29, 0.717) is 0 Å². The second-order valence-corrected chi connectivity index (χ2v) is 5.40. The molecule has 2 heterocycles. The molecule has 0 spiro atoms. The van der Waals surface area contributed by atoms with E-state index in [0.717, 1.165) is 37.7 Å². The van der Waals surface area contributed by atoms with Gasteiger partial charge >= 0.3 is 5.97 Å². The van der Waals surface area contributed by atoms with E-state index < -0.39 is 5.97 Å². The Morgan fingerprint density at radius 2 is 2.26 bits per heavy atom. The van der Waals surface area contributed by atoms with Crippen LogP contribution in [0.1, 0.15) is 43.1 Å². The van der Waals surface area contributed by atoms with Gasteiger partial charge < -0.3 is 10.0 Å². The number of anilines is 1. The van der Waals surface area contributed by atoms with Gasteiger partial charge in [0.25, 0.3) is 0 Å². The Kier molecular flexibility index (Phi) is 4.64. The van der Waals surface area contributed by atoms with Crippen molar-refractivity contribution >= 4 is 23.4 Å². The van der Waals surface area contributed by atoms with Gasteiger partial charge in [0.05, 0.1) is 5.02 Å². The van der Waals surface area contributed by atoms with Crippen LogP contribution in [0.3, 0.4) is 0 Å². The van der Waals surface area contributed by atoms with Crippen molar-refractivity contribution in [1.29, 1.82) is 0 Å². The summed E-state index contributed by atoms with van der Waals surface area (Å²) < 4.78 is 0. The number of carbonyl (C=O) groups is 1. The predicted molar refractivity (Wildman–Crippen MR) is 76.1 cm³/mol. The van der Waals surface area contributed by atoms with E-state index in [1.165, 1.54) is 12.8 Å². The number of carboxylic acids is 1. The standard InChI is InChI=1S/C14H19ClN2O2/c1-2-10-4-3-8-17(9-7-10)12-6-5-11(15)13(16-12)14(18)19/h5-6,10H,2-4,7-9H2,1H3,(H,18,19). The average Bonchev–Trinajstić information content (AvgIpc) is 2.64. The summed E-state index contributed by atoms with van der Waals surface area (Å²) in [5.41, 5.74) is -0.0598. The summed E-state index contributed by atoms with van der Waals surface area (Å²) in [6.45, 7) is 4.10. The van der Waals surface area contributed by atoms with Gasteiger partial charge in [-0.25, -0.2) is 9.78 Å². The summed E-state index contributed by atoms with van der Waals surface area (Å²) in [5, 5.41) is 9.25. The van der Waals surface area contributed by atoms with Gasteiger partial charge in [-0.05, 0) is 37.3 Å². The van der Waals surface area contributed by atoms with Crippen LogP contribution in [0, 0.1) is 5.92 Å². The molecule has 0 aromatic carbocycles. The molecule has 1 atom stereocenters. The van der Waals surface area contributed by atoms with Gasteiger partial charge in [-0.1, -0.05) is 24.9 Å². The molecule has 0 aliphatic carbocycles. The van der Waals surface area contributed by atoms with E-state index in [1.807, 2.05) is 0 Å². The summed E-state index contributed by atoms with van der Waals surface area (Å²) in [6.07, 6.45) is 4.73. The highest BCUT2D eigenvalue weighted by molar-refractivity contribution is 6.33. The largest absolute Gasteiger partial charge is 0.476 e. The third-order valence-corrected chi connectivity index (χ3v) is 4.09. The first kappa shape index (κ1) is 14.1. The molecule has 1 saturated heterocycles. The Balaban J connectivity index is 2.17. The van der Waals surface area contributed by atoms with Crippen LogP contribution in [0.25, 0.3) is 0 Å².